The number of nitrogens with one attached hydrogen (secondary N) is 1. The maximum atomic E-state index is 13.0. The Bertz CT molecular complexity index is 1110. The molecule has 2 aromatic rings. The number of halogens is 2. The molecular weight excluding hydrogens is 476 g/mol. The number of hydrogen-bond donors (Lipinski definition) is 1. The van der Waals surface area contributed by atoms with Gasteiger partial charge in [-0.2, -0.15) is 0 Å². The molecule has 30 heavy (non-hydrogen) atoms. The molecule has 1 saturated heterocycles. The molecule has 0 aromatic heterocycles. The SMILES string of the molecule is C#CCOc1cc(Br)c(C=C2C(=O)NC(=O)N(c3ccc(Cl)cc3)C2=O)cc1OC. The Morgan fingerprint density at radius 3 is 2.53 bits per heavy atom. The lowest BCUT2D eigenvalue weighted by molar-refractivity contribution is -0.122. The molecular formula is C21H14BrClN2O5. The van der Waals surface area contributed by atoms with Crippen LogP contribution < -0.4 is 19.7 Å². The summed E-state index contributed by atoms with van der Waals surface area (Å²) in [5.74, 6) is 1.52. The van der Waals surface area contributed by atoms with Crippen molar-refractivity contribution in [1.82, 2.24) is 5.32 Å². The zero-order valence-electron chi connectivity index (χ0n) is 15.6. The van der Waals surface area contributed by atoms with Crippen LogP contribution in [0.25, 0.3) is 6.08 Å². The highest BCUT2D eigenvalue weighted by molar-refractivity contribution is 9.10. The Morgan fingerprint density at radius 2 is 1.90 bits per heavy atom. The molecule has 1 aliphatic heterocycles. The van der Waals surface area contributed by atoms with Crippen molar-refractivity contribution < 1.29 is 23.9 Å². The van der Waals surface area contributed by atoms with E-state index in [1.54, 1.807) is 12.1 Å². The second kappa shape index (κ2) is 9.03. The van der Waals surface area contributed by atoms with Crippen LogP contribution in [-0.2, 0) is 9.59 Å². The second-order valence-corrected chi connectivity index (χ2v) is 7.24. The minimum atomic E-state index is -0.848. The van der Waals surface area contributed by atoms with Gasteiger partial charge in [0.05, 0.1) is 12.8 Å². The van der Waals surface area contributed by atoms with Gasteiger partial charge in [-0.15, -0.1) is 6.42 Å². The first kappa shape index (κ1) is 21.4. The highest BCUT2D eigenvalue weighted by Gasteiger charge is 2.37. The van der Waals surface area contributed by atoms with E-state index in [0.717, 1.165) is 4.90 Å². The molecule has 152 valence electrons. The van der Waals surface area contributed by atoms with Crippen LogP contribution in [0.1, 0.15) is 5.56 Å². The average Bonchev–Trinajstić information content (AvgIpc) is 2.71. The lowest BCUT2D eigenvalue weighted by atomic mass is 10.1. The molecule has 9 heteroatoms. The fourth-order valence-electron chi connectivity index (χ4n) is 2.69. The monoisotopic (exact) mass is 488 g/mol. The van der Waals surface area contributed by atoms with Gasteiger partial charge in [0.25, 0.3) is 11.8 Å². The third-order valence-corrected chi connectivity index (χ3v) is 5.02. The summed E-state index contributed by atoms with van der Waals surface area (Å²) in [6.45, 7) is 0.0439. The van der Waals surface area contributed by atoms with Gasteiger partial charge in [0.1, 0.15) is 12.2 Å². The van der Waals surface area contributed by atoms with Crippen LogP contribution in [0.4, 0.5) is 10.5 Å². The van der Waals surface area contributed by atoms with E-state index in [4.69, 9.17) is 27.5 Å². The number of methoxy groups -OCH3 is 1. The summed E-state index contributed by atoms with van der Waals surface area (Å²) in [6, 6.07) is 8.41. The van der Waals surface area contributed by atoms with Gasteiger partial charge in [-0.1, -0.05) is 33.5 Å². The highest BCUT2D eigenvalue weighted by atomic mass is 79.9. The van der Waals surface area contributed by atoms with Crippen LogP contribution in [0.5, 0.6) is 11.5 Å². The Labute approximate surface area is 185 Å². The van der Waals surface area contributed by atoms with Crippen molar-refractivity contribution >= 4 is 57.1 Å². The van der Waals surface area contributed by atoms with Crippen LogP contribution in [-0.4, -0.2) is 31.6 Å². The van der Waals surface area contributed by atoms with Crippen LogP contribution in [0.15, 0.2) is 46.4 Å². The van der Waals surface area contributed by atoms with Gasteiger partial charge in [-0.3, -0.25) is 14.9 Å². The van der Waals surface area contributed by atoms with E-state index < -0.39 is 17.8 Å². The van der Waals surface area contributed by atoms with E-state index >= 15 is 0 Å². The van der Waals surface area contributed by atoms with Crippen molar-refractivity contribution in [3.63, 3.8) is 0 Å². The summed E-state index contributed by atoms with van der Waals surface area (Å²) in [4.78, 5) is 38.4. The van der Waals surface area contributed by atoms with Crippen molar-refractivity contribution in [3.8, 4) is 23.8 Å². The number of benzene rings is 2. The molecule has 1 fully saturated rings. The topological polar surface area (TPSA) is 84.9 Å². The Balaban J connectivity index is 2.02. The van der Waals surface area contributed by atoms with Gasteiger partial charge in [-0.25, -0.2) is 9.69 Å². The van der Waals surface area contributed by atoms with Crippen LogP contribution in [0, 0.1) is 12.3 Å². The van der Waals surface area contributed by atoms with E-state index in [2.05, 4.69) is 27.2 Å². The first-order chi connectivity index (χ1) is 14.3. The van der Waals surface area contributed by atoms with E-state index in [-0.39, 0.29) is 17.9 Å². The number of rotatable bonds is 5. The van der Waals surface area contributed by atoms with E-state index in [0.29, 0.717) is 26.6 Å². The normalized spacial score (nSPS) is 15.1. The van der Waals surface area contributed by atoms with Crippen molar-refractivity contribution in [2.45, 2.75) is 0 Å². The molecule has 1 aliphatic rings. The largest absolute Gasteiger partial charge is 0.493 e. The van der Waals surface area contributed by atoms with Crippen molar-refractivity contribution in [2.75, 3.05) is 18.6 Å². The smallest absolute Gasteiger partial charge is 0.335 e. The molecule has 7 nitrogen and oxygen atoms in total. The number of carbonyl (C=O) groups excluding carboxylic acids is 3. The molecule has 3 rings (SSSR count). The molecule has 0 atom stereocenters. The van der Waals surface area contributed by atoms with Gasteiger partial charge in [-0.05, 0) is 48.0 Å². The van der Waals surface area contributed by atoms with Gasteiger partial charge in [0.2, 0.25) is 0 Å². The van der Waals surface area contributed by atoms with Crippen LogP contribution in [0.3, 0.4) is 0 Å². The predicted molar refractivity (Wildman–Crippen MR) is 115 cm³/mol. The highest BCUT2D eigenvalue weighted by Crippen LogP contribution is 2.35. The summed E-state index contributed by atoms with van der Waals surface area (Å²) < 4.78 is 11.2. The molecule has 4 amide bonds. The number of hydrogen-bond acceptors (Lipinski definition) is 5. The summed E-state index contributed by atoms with van der Waals surface area (Å²) in [5.41, 5.74) is 0.503. The molecule has 0 aliphatic carbocycles. The van der Waals surface area contributed by atoms with Crippen molar-refractivity contribution in [2.24, 2.45) is 0 Å². The van der Waals surface area contributed by atoms with Crippen molar-refractivity contribution in [1.29, 1.82) is 0 Å². The zero-order chi connectivity index (χ0) is 21.8. The standard InChI is InChI=1S/C21H14BrClN2O5/c1-3-8-30-18-11-16(22)12(10-17(18)29-2)9-15-19(26)24-21(28)25(20(15)27)14-6-4-13(23)5-7-14/h1,4-7,9-11H,8H2,2H3,(H,24,26,28). The first-order valence-corrected chi connectivity index (χ1v) is 9.63. The maximum absolute atomic E-state index is 13.0. The number of carbonyl (C=O) groups is 3. The first-order valence-electron chi connectivity index (χ1n) is 8.46. The Morgan fingerprint density at radius 1 is 1.20 bits per heavy atom. The average molecular weight is 490 g/mol. The third-order valence-electron chi connectivity index (χ3n) is 4.08. The second-order valence-electron chi connectivity index (χ2n) is 5.95. The van der Waals surface area contributed by atoms with E-state index in [1.165, 1.54) is 37.5 Å². The lowest BCUT2D eigenvalue weighted by Gasteiger charge is -2.26. The summed E-state index contributed by atoms with van der Waals surface area (Å²) in [5, 5.41) is 2.61. The van der Waals surface area contributed by atoms with Crippen LogP contribution in [0.2, 0.25) is 5.02 Å². The van der Waals surface area contributed by atoms with Gasteiger partial charge < -0.3 is 9.47 Å². The number of terminal acetylenes is 1. The number of anilines is 1. The molecule has 0 radical (unpaired) electrons. The third kappa shape index (κ3) is 4.32. The minimum Gasteiger partial charge on any atom is -0.493 e. The lowest BCUT2D eigenvalue weighted by Crippen LogP contribution is -2.54. The van der Waals surface area contributed by atoms with Crippen molar-refractivity contribution in [3.05, 3.63) is 57.0 Å². The minimum absolute atomic E-state index is 0.0439. The number of urea groups is 1. The molecule has 0 unspecified atom stereocenters. The van der Waals surface area contributed by atoms with Gasteiger partial charge >= 0.3 is 6.03 Å². The quantitative estimate of drug-likeness (QED) is 0.392. The van der Waals surface area contributed by atoms with Gasteiger partial charge in [0, 0.05) is 9.50 Å². The zero-order valence-corrected chi connectivity index (χ0v) is 17.9. The van der Waals surface area contributed by atoms with E-state index in [9.17, 15) is 14.4 Å². The number of ether oxygens (including phenoxy) is 2. The summed E-state index contributed by atoms with van der Waals surface area (Å²) >= 11 is 9.24. The van der Waals surface area contributed by atoms with Gasteiger partial charge in [0.15, 0.2) is 11.5 Å². The number of nitrogens with zero attached hydrogens (tertiary/aromatic N) is 1. The number of imide groups is 2. The molecule has 0 saturated carbocycles. The summed E-state index contributed by atoms with van der Waals surface area (Å²) in [6.07, 6.45) is 6.56. The molecule has 0 bridgehead atoms. The predicted octanol–water partition coefficient (Wildman–Crippen LogP) is 3.79. The number of amides is 4. The number of barbiturate groups is 1. The van der Waals surface area contributed by atoms with E-state index in [1.807, 2.05) is 0 Å². The van der Waals surface area contributed by atoms with Crippen LogP contribution >= 0.6 is 27.5 Å². The Kier molecular flexibility index (Phi) is 6.45. The molecule has 2 aromatic carbocycles. The summed E-state index contributed by atoms with van der Waals surface area (Å²) in [7, 11) is 1.45. The molecule has 0 spiro atoms. The maximum Gasteiger partial charge on any atom is 0.335 e. The Hall–Kier alpha value is -3.28. The molecule has 1 N–H and O–H groups in total. The fraction of sp³-hybridized carbons (Fsp3) is 0.0952. The molecule has 1 heterocycles. The fourth-order valence-corrected chi connectivity index (χ4v) is 3.25.